The number of amidine groups is 1. The zero-order chi connectivity index (χ0) is 15.6. The average molecular weight is 326 g/mol. The van der Waals surface area contributed by atoms with Gasteiger partial charge in [-0.3, -0.25) is 19.5 Å². The summed E-state index contributed by atoms with van der Waals surface area (Å²) in [5.41, 5.74) is 1.57. The van der Waals surface area contributed by atoms with E-state index in [4.69, 9.17) is 11.6 Å². The number of thioether (sulfide) groups is 1. The minimum absolute atomic E-state index is 0.0994. The van der Waals surface area contributed by atoms with E-state index in [0.29, 0.717) is 15.9 Å². The van der Waals surface area contributed by atoms with Crippen molar-refractivity contribution in [2.45, 2.75) is 18.6 Å². The molecule has 1 aliphatic rings. The average Bonchev–Trinajstić information content (AvgIpc) is 2.70. The number of nitrogens with zero attached hydrogens (tertiary/aromatic N) is 2. The van der Waals surface area contributed by atoms with Crippen LogP contribution in [0, 0.1) is 6.92 Å². The second-order valence-corrected chi connectivity index (χ2v) is 6.30. The fraction of sp³-hybridized carbons (Fsp3) is 0.357. The van der Waals surface area contributed by atoms with Crippen LogP contribution in [0.25, 0.3) is 0 Å². The van der Waals surface area contributed by atoms with Crippen molar-refractivity contribution >= 4 is 46.0 Å². The molecule has 0 aromatic heterocycles. The first-order valence-electron chi connectivity index (χ1n) is 6.39. The quantitative estimate of drug-likeness (QED) is 0.929. The first-order chi connectivity index (χ1) is 9.92. The Balaban J connectivity index is 1.99. The number of aliphatic imine (C=N–C) groups is 1. The van der Waals surface area contributed by atoms with Crippen molar-refractivity contribution in [2.24, 2.45) is 4.99 Å². The smallest absolute Gasteiger partial charge is 0.242 e. The SMILES string of the molecule is CN=C1SC(CC(=O)Nc2ccc(C)c(Cl)c2)C(=O)N1C. The van der Waals surface area contributed by atoms with Crippen LogP contribution in [0.3, 0.4) is 0 Å². The van der Waals surface area contributed by atoms with Crippen LogP contribution in [0.2, 0.25) is 5.02 Å². The van der Waals surface area contributed by atoms with Crippen molar-refractivity contribution < 1.29 is 9.59 Å². The molecule has 1 fully saturated rings. The van der Waals surface area contributed by atoms with Crippen LogP contribution >= 0.6 is 23.4 Å². The van der Waals surface area contributed by atoms with Crippen molar-refractivity contribution in [3.63, 3.8) is 0 Å². The van der Waals surface area contributed by atoms with Crippen molar-refractivity contribution in [1.29, 1.82) is 0 Å². The molecule has 1 N–H and O–H groups in total. The van der Waals surface area contributed by atoms with Gasteiger partial charge in [-0.2, -0.15) is 0 Å². The maximum atomic E-state index is 12.0. The standard InChI is InChI=1S/C14H16ClN3O2S/c1-8-4-5-9(6-10(8)15)17-12(19)7-11-13(20)18(3)14(16-2)21-11/h4-6,11H,7H2,1-3H3,(H,17,19). The number of rotatable bonds is 3. The number of nitrogens with one attached hydrogen (secondary N) is 1. The number of anilines is 1. The van der Waals surface area contributed by atoms with Gasteiger partial charge in [0.2, 0.25) is 11.8 Å². The molecule has 1 aliphatic heterocycles. The predicted octanol–water partition coefficient (Wildman–Crippen LogP) is 2.54. The van der Waals surface area contributed by atoms with Crippen LogP contribution in [0.15, 0.2) is 23.2 Å². The second-order valence-electron chi connectivity index (χ2n) is 4.73. The fourth-order valence-corrected chi connectivity index (χ4v) is 3.23. The molecule has 1 saturated heterocycles. The highest BCUT2D eigenvalue weighted by Crippen LogP contribution is 2.28. The molecule has 0 aliphatic carbocycles. The molecule has 2 amide bonds. The Kier molecular flexibility index (Phi) is 4.90. The molecule has 112 valence electrons. The number of benzene rings is 1. The van der Waals surface area contributed by atoms with Crippen LogP contribution in [-0.2, 0) is 9.59 Å². The lowest BCUT2D eigenvalue weighted by molar-refractivity contribution is -0.127. The first kappa shape index (κ1) is 15.9. The van der Waals surface area contributed by atoms with E-state index in [-0.39, 0.29) is 18.2 Å². The van der Waals surface area contributed by atoms with E-state index in [1.807, 2.05) is 13.0 Å². The largest absolute Gasteiger partial charge is 0.326 e. The minimum Gasteiger partial charge on any atom is -0.326 e. The molecule has 1 heterocycles. The van der Waals surface area contributed by atoms with Gasteiger partial charge >= 0.3 is 0 Å². The van der Waals surface area contributed by atoms with E-state index in [0.717, 1.165) is 5.56 Å². The zero-order valence-electron chi connectivity index (χ0n) is 12.0. The summed E-state index contributed by atoms with van der Waals surface area (Å²) < 4.78 is 0. The highest BCUT2D eigenvalue weighted by molar-refractivity contribution is 8.15. The number of halogens is 1. The monoisotopic (exact) mass is 325 g/mol. The number of amides is 2. The number of hydrogen-bond acceptors (Lipinski definition) is 4. The fourth-order valence-electron chi connectivity index (χ4n) is 1.95. The van der Waals surface area contributed by atoms with Gasteiger partial charge in [0, 0.05) is 31.2 Å². The van der Waals surface area contributed by atoms with E-state index in [1.165, 1.54) is 16.7 Å². The van der Waals surface area contributed by atoms with Gasteiger partial charge in [0.15, 0.2) is 5.17 Å². The van der Waals surface area contributed by atoms with Crippen molar-refractivity contribution in [1.82, 2.24) is 4.90 Å². The summed E-state index contributed by atoms with van der Waals surface area (Å²) in [5, 5.41) is 3.57. The van der Waals surface area contributed by atoms with E-state index >= 15 is 0 Å². The molecular formula is C14H16ClN3O2S. The van der Waals surface area contributed by atoms with Gasteiger partial charge in [-0.1, -0.05) is 29.4 Å². The third-order valence-electron chi connectivity index (χ3n) is 3.16. The van der Waals surface area contributed by atoms with Gasteiger partial charge in [-0.15, -0.1) is 0 Å². The Labute approximate surface area is 132 Å². The molecule has 5 nitrogen and oxygen atoms in total. The van der Waals surface area contributed by atoms with Crippen molar-refractivity contribution in [3.05, 3.63) is 28.8 Å². The van der Waals surface area contributed by atoms with E-state index < -0.39 is 5.25 Å². The van der Waals surface area contributed by atoms with Gasteiger partial charge in [0.05, 0.1) is 0 Å². The normalized spacial score (nSPS) is 20.2. The molecule has 7 heteroatoms. The summed E-state index contributed by atoms with van der Waals surface area (Å²) in [7, 11) is 3.29. The number of carbonyl (C=O) groups excluding carboxylic acids is 2. The second kappa shape index (κ2) is 6.49. The van der Waals surface area contributed by atoms with Gasteiger partial charge in [0.25, 0.3) is 0 Å². The number of aryl methyl sites for hydroxylation is 1. The van der Waals surface area contributed by atoms with Crippen molar-refractivity contribution in [3.8, 4) is 0 Å². The van der Waals surface area contributed by atoms with Crippen LogP contribution in [0.1, 0.15) is 12.0 Å². The zero-order valence-corrected chi connectivity index (χ0v) is 13.6. The summed E-state index contributed by atoms with van der Waals surface area (Å²) in [5.74, 6) is -0.316. The summed E-state index contributed by atoms with van der Waals surface area (Å²) in [6.07, 6.45) is 0.109. The topological polar surface area (TPSA) is 61.8 Å². The molecule has 0 spiro atoms. The third-order valence-corrected chi connectivity index (χ3v) is 4.89. The molecule has 1 atom stereocenters. The summed E-state index contributed by atoms with van der Waals surface area (Å²) >= 11 is 7.33. The molecule has 0 bridgehead atoms. The van der Waals surface area contributed by atoms with E-state index in [9.17, 15) is 9.59 Å². The summed E-state index contributed by atoms with van der Waals surface area (Å²) in [6, 6.07) is 5.32. The highest BCUT2D eigenvalue weighted by atomic mass is 35.5. The highest BCUT2D eigenvalue weighted by Gasteiger charge is 2.36. The summed E-state index contributed by atoms with van der Waals surface area (Å²) in [6.45, 7) is 1.89. The third kappa shape index (κ3) is 3.57. The van der Waals surface area contributed by atoms with Gasteiger partial charge in [-0.25, -0.2) is 0 Å². The maximum Gasteiger partial charge on any atom is 0.242 e. The molecule has 1 aromatic carbocycles. The van der Waals surface area contributed by atoms with Crippen LogP contribution in [0.5, 0.6) is 0 Å². The predicted molar refractivity (Wildman–Crippen MR) is 86.9 cm³/mol. The molecule has 21 heavy (non-hydrogen) atoms. The number of hydrogen-bond donors (Lipinski definition) is 1. The van der Waals surface area contributed by atoms with E-state index in [1.54, 1.807) is 26.2 Å². The van der Waals surface area contributed by atoms with Crippen LogP contribution in [0.4, 0.5) is 5.69 Å². The molecule has 1 aromatic rings. The van der Waals surface area contributed by atoms with Gasteiger partial charge in [-0.05, 0) is 24.6 Å². The Morgan fingerprint density at radius 1 is 1.52 bits per heavy atom. The first-order valence-corrected chi connectivity index (χ1v) is 7.65. The van der Waals surface area contributed by atoms with Crippen LogP contribution in [-0.4, -0.2) is 41.2 Å². The van der Waals surface area contributed by atoms with Crippen molar-refractivity contribution in [2.75, 3.05) is 19.4 Å². The molecular weight excluding hydrogens is 310 g/mol. The Morgan fingerprint density at radius 3 is 2.81 bits per heavy atom. The lowest BCUT2D eigenvalue weighted by Crippen LogP contribution is -2.30. The Bertz CT molecular complexity index is 618. The minimum atomic E-state index is -0.422. The molecule has 0 saturated carbocycles. The van der Waals surface area contributed by atoms with E-state index in [2.05, 4.69) is 10.3 Å². The molecule has 0 radical (unpaired) electrons. The molecule has 2 rings (SSSR count). The van der Waals surface area contributed by atoms with Crippen LogP contribution < -0.4 is 5.32 Å². The molecule has 1 unspecified atom stereocenters. The maximum absolute atomic E-state index is 12.0. The number of carbonyl (C=O) groups is 2. The summed E-state index contributed by atoms with van der Waals surface area (Å²) in [4.78, 5) is 29.5. The van der Waals surface area contributed by atoms with Gasteiger partial charge < -0.3 is 5.32 Å². The Hall–Kier alpha value is -1.53. The Morgan fingerprint density at radius 2 is 2.24 bits per heavy atom. The lowest BCUT2D eigenvalue weighted by atomic mass is 10.2. The van der Waals surface area contributed by atoms with Gasteiger partial charge in [0.1, 0.15) is 5.25 Å². The lowest BCUT2D eigenvalue weighted by Gasteiger charge is -2.09.